The molecule has 1 aromatic carbocycles. The minimum Gasteiger partial charge on any atom is -0.486 e. The van der Waals surface area contributed by atoms with Crippen LogP contribution in [0.5, 0.6) is 11.5 Å². The zero-order valence-corrected chi connectivity index (χ0v) is 11.0. The summed E-state index contributed by atoms with van der Waals surface area (Å²) in [6.07, 6.45) is 0. The second-order valence-electron chi connectivity index (χ2n) is 4.82. The van der Waals surface area contributed by atoms with E-state index in [1.807, 2.05) is 12.1 Å². The van der Waals surface area contributed by atoms with Crippen molar-refractivity contribution in [2.24, 2.45) is 0 Å². The van der Waals surface area contributed by atoms with Gasteiger partial charge in [-0.15, -0.1) is 0 Å². The number of nitrogens with zero attached hydrogens (tertiary/aromatic N) is 1. The summed E-state index contributed by atoms with van der Waals surface area (Å²) in [7, 11) is 0. The quantitative estimate of drug-likeness (QED) is 0.899. The second-order valence-corrected chi connectivity index (χ2v) is 4.82. The first-order valence-electron chi connectivity index (χ1n) is 6.32. The SMILES string of the molecule is CC(C)c1c(-c2cc(N)no2)ccc2c1OCCO2. The molecule has 0 amide bonds. The van der Waals surface area contributed by atoms with Gasteiger partial charge in [-0.25, -0.2) is 0 Å². The molecule has 0 saturated heterocycles. The Morgan fingerprint density at radius 2 is 2.00 bits per heavy atom. The molecule has 5 nitrogen and oxygen atoms in total. The molecule has 0 radical (unpaired) electrons. The van der Waals surface area contributed by atoms with E-state index in [-0.39, 0.29) is 5.92 Å². The number of fused-ring (bicyclic) bond motifs is 1. The average molecular weight is 260 g/mol. The van der Waals surface area contributed by atoms with Crippen LogP contribution >= 0.6 is 0 Å². The fourth-order valence-electron chi connectivity index (χ4n) is 2.34. The smallest absolute Gasteiger partial charge is 0.169 e. The molecule has 0 spiro atoms. The summed E-state index contributed by atoms with van der Waals surface area (Å²) >= 11 is 0. The lowest BCUT2D eigenvalue weighted by atomic mass is 9.94. The molecule has 1 aliphatic rings. The van der Waals surface area contributed by atoms with Crippen molar-refractivity contribution in [3.05, 3.63) is 23.8 Å². The van der Waals surface area contributed by atoms with E-state index in [2.05, 4.69) is 19.0 Å². The normalized spacial score (nSPS) is 13.8. The van der Waals surface area contributed by atoms with E-state index in [1.54, 1.807) is 6.07 Å². The molecule has 0 saturated carbocycles. The Balaban J connectivity index is 2.19. The molecule has 0 aliphatic carbocycles. The van der Waals surface area contributed by atoms with Crippen molar-refractivity contribution in [2.75, 3.05) is 18.9 Å². The topological polar surface area (TPSA) is 70.5 Å². The highest BCUT2D eigenvalue weighted by molar-refractivity contribution is 5.71. The monoisotopic (exact) mass is 260 g/mol. The Labute approximate surface area is 111 Å². The minimum absolute atomic E-state index is 0.276. The van der Waals surface area contributed by atoms with Gasteiger partial charge in [0.25, 0.3) is 0 Å². The van der Waals surface area contributed by atoms with E-state index >= 15 is 0 Å². The van der Waals surface area contributed by atoms with E-state index in [1.165, 1.54) is 0 Å². The molecule has 0 fully saturated rings. The molecule has 0 atom stereocenters. The summed E-state index contributed by atoms with van der Waals surface area (Å²) in [6.45, 7) is 5.36. The number of aromatic nitrogens is 1. The Hall–Kier alpha value is -2.17. The van der Waals surface area contributed by atoms with Crippen molar-refractivity contribution in [2.45, 2.75) is 19.8 Å². The number of anilines is 1. The summed E-state index contributed by atoms with van der Waals surface area (Å²) in [5.41, 5.74) is 7.63. The highest BCUT2D eigenvalue weighted by atomic mass is 16.6. The Morgan fingerprint density at radius 1 is 1.21 bits per heavy atom. The average Bonchev–Trinajstić information content (AvgIpc) is 2.83. The van der Waals surface area contributed by atoms with Gasteiger partial charge in [-0.05, 0) is 18.1 Å². The number of nitrogens with two attached hydrogens (primary N) is 1. The number of ether oxygens (including phenoxy) is 2. The third-order valence-corrected chi connectivity index (χ3v) is 3.12. The summed E-state index contributed by atoms with van der Waals surface area (Å²) in [5, 5.41) is 3.74. The van der Waals surface area contributed by atoms with E-state index in [0.717, 1.165) is 22.6 Å². The highest BCUT2D eigenvalue weighted by Crippen LogP contribution is 2.43. The third-order valence-electron chi connectivity index (χ3n) is 3.12. The molecular formula is C14H16N2O3. The summed E-state index contributed by atoms with van der Waals surface area (Å²) in [4.78, 5) is 0. The number of hydrogen-bond acceptors (Lipinski definition) is 5. The molecule has 2 aromatic rings. The number of hydrogen-bond donors (Lipinski definition) is 1. The molecule has 5 heteroatoms. The molecule has 1 aliphatic heterocycles. The van der Waals surface area contributed by atoms with Crippen molar-refractivity contribution in [1.82, 2.24) is 5.16 Å². The van der Waals surface area contributed by atoms with Gasteiger partial charge in [-0.3, -0.25) is 0 Å². The zero-order valence-electron chi connectivity index (χ0n) is 11.0. The van der Waals surface area contributed by atoms with Crippen LogP contribution in [0, 0.1) is 0 Å². The maximum Gasteiger partial charge on any atom is 0.169 e. The number of benzene rings is 1. The Morgan fingerprint density at radius 3 is 2.68 bits per heavy atom. The van der Waals surface area contributed by atoms with Gasteiger partial charge >= 0.3 is 0 Å². The van der Waals surface area contributed by atoms with Crippen LogP contribution in [0.3, 0.4) is 0 Å². The lowest BCUT2D eigenvalue weighted by molar-refractivity contribution is 0.169. The first-order chi connectivity index (χ1) is 9.16. The first-order valence-corrected chi connectivity index (χ1v) is 6.32. The number of nitrogen functional groups attached to an aromatic ring is 1. The maximum absolute atomic E-state index is 5.77. The second kappa shape index (κ2) is 4.50. The van der Waals surface area contributed by atoms with Crippen LogP contribution in [0.2, 0.25) is 0 Å². The summed E-state index contributed by atoms with van der Waals surface area (Å²) in [5.74, 6) is 2.88. The molecule has 0 unspecified atom stereocenters. The van der Waals surface area contributed by atoms with Crippen molar-refractivity contribution >= 4 is 5.82 Å². The van der Waals surface area contributed by atoms with Crippen LogP contribution in [-0.2, 0) is 0 Å². The van der Waals surface area contributed by atoms with Gasteiger partial charge in [0.2, 0.25) is 0 Å². The predicted molar refractivity (Wildman–Crippen MR) is 71.4 cm³/mol. The standard InChI is InChI=1S/C14H16N2O3/c1-8(2)13-9(11-7-12(15)16-19-11)3-4-10-14(13)18-6-5-17-10/h3-4,7-8H,5-6H2,1-2H3,(H2,15,16). The summed E-state index contributed by atoms with van der Waals surface area (Å²) < 4.78 is 16.6. The van der Waals surface area contributed by atoms with E-state index in [9.17, 15) is 0 Å². The van der Waals surface area contributed by atoms with Crippen LogP contribution in [-0.4, -0.2) is 18.4 Å². The summed E-state index contributed by atoms with van der Waals surface area (Å²) in [6, 6.07) is 5.58. The Bertz CT molecular complexity index is 605. The molecule has 100 valence electrons. The zero-order chi connectivity index (χ0) is 13.4. The van der Waals surface area contributed by atoms with E-state index in [4.69, 9.17) is 19.7 Å². The minimum atomic E-state index is 0.276. The molecule has 2 heterocycles. The predicted octanol–water partition coefficient (Wildman–Crippen LogP) is 2.82. The van der Waals surface area contributed by atoms with Gasteiger partial charge in [-0.1, -0.05) is 19.0 Å². The van der Waals surface area contributed by atoms with Crippen molar-refractivity contribution in [3.8, 4) is 22.8 Å². The van der Waals surface area contributed by atoms with Crippen molar-refractivity contribution in [3.63, 3.8) is 0 Å². The van der Waals surface area contributed by atoms with Crippen LogP contribution in [0.4, 0.5) is 5.82 Å². The van der Waals surface area contributed by atoms with Crippen LogP contribution < -0.4 is 15.2 Å². The highest BCUT2D eigenvalue weighted by Gasteiger charge is 2.23. The van der Waals surface area contributed by atoms with Crippen molar-refractivity contribution < 1.29 is 14.0 Å². The van der Waals surface area contributed by atoms with Gasteiger partial charge in [0.1, 0.15) is 13.2 Å². The van der Waals surface area contributed by atoms with Gasteiger partial charge in [0.15, 0.2) is 23.1 Å². The largest absolute Gasteiger partial charge is 0.486 e. The fraction of sp³-hybridized carbons (Fsp3) is 0.357. The molecule has 0 bridgehead atoms. The van der Waals surface area contributed by atoms with Crippen LogP contribution in [0.1, 0.15) is 25.3 Å². The molecule has 2 N–H and O–H groups in total. The van der Waals surface area contributed by atoms with Crippen LogP contribution in [0.15, 0.2) is 22.7 Å². The fourth-order valence-corrected chi connectivity index (χ4v) is 2.34. The van der Waals surface area contributed by atoms with Gasteiger partial charge in [0.05, 0.1) is 0 Å². The van der Waals surface area contributed by atoms with E-state index in [0.29, 0.717) is 24.8 Å². The maximum atomic E-state index is 5.77. The van der Waals surface area contributed by atoms with Gasteiger partial charge < -0.3 is 19.7 Å². The van der Waals surface area contributed by atoms with Gasteiger partial charge in [-0.2, -0.15) is 0 Å². The van der Waals surface area contributed by atoms with Gasteiger partial charge in [0, 0.05) is 17.2 Å². The molecule has 19 heavy (non-hydrogen) atoms. The first kappa shape index (κ1) is 11.9. The molecule has 3 rings (SSSR count). The van der Waals surface area contributed by atoms with Crippen LogP contribution in [0.25, 0.3) is 11.3 Å². The lowest BCUT2D eigenvalue weighted by Crippen LogP contribution is -2.17. The molecular weight excluding hydrogens is 244 g/mol. The molecule has 1 aromatic heterocycles. The van der Waals surface area contributed by atoms with Crippen molar-refractivity contribution in [1.29, 1.82) is 0 Å². The lowest BCUT2D eigenvalue weighted by Gasteiger charge is -2.24. The number of rotatable bonds is 2. The Kier molecular flexibility index (Phi) is 2.81. The van der Waals surface area contributed by atoms with E-state index < -0.39 is 0 Å². The third kappa shape index (κ3) is 2.01.